The number of hydrogen-bond donors (Lipinski definition) is 3. The largest absolute Gasteiger partial charge is 0.302 e. The van der Waals surface area contributed by atoms with E-state index in [9.17, 15) is 9.59 Å². The summed E-state index contributed by atoms with van der Waals surface area (Å²) in [6, 6.07) is 7.65. The molecule has 0 radical (unpaired) electrons. The first-order valence-electron chi connectivity index (χ1n) is 7.04. The summed E-state index contributed by atoms with van der Waals surface area (Å²) in [5.74, 6) is 0.0518. The maximum absolute atomic E-state index is 11.9. The van der Waals surface area contributed by atoms with Gasteiger partial charge in [-0.15, -0.1) is 0 Å². The number of carbonyl (C=O) groups excluding carboxylic acids is 2. The van der Waals surface area contributed by atoms with Crippen molar-refractivity contribution in [2.45, 2.75) is 38.5 Å². The number of amides is 2. The number of hydrogen-bond acceptors (Lipinski definition) is 3. The van der Waals surface area contributed by atoms with Crippen LogP contribution in [0.1, 0.15) is 54.4 Å². The molecule has 3 N–H and O–H groups in total. The smallest absolute Gasteiger partial charge is 0.269 e. The zero-order chi connectivity index (χ0) is 15.2. The van der Waals surface area contributed by atoms with Crippen LogP contribution in [0.25, 0.3) is 0 Å². The number of thiocarbonyl (C=S) groups is 1. The van der Waals surface area contributed by atoms with Crippen LogP contribution in [0.5, 0.6) is 0 Å². The van der Waals surface area contributed by atoms with E-state index < -0.39 is 0 Å². The number of benzene rings is 1. The van der Waals surface area contributed by atoms with Crippen LogP contribution in [-0.4, -0.2) is 16.9 Å². The maximum atomic E-state index is 11.9. The van der Waals surface area contributed by atoms with Crippen molar-refractivity contribution in [1.29, 1.82) is 0 Å². The van der Waals surface area contributed by atoms with Gasteiger partial charge in [0, 0.05) is 12.5 Å². The van der Waals surface area contributed by atoms with E-state index in [1.807, 2.05) is 24.3 Å². The van der Waals surface area contributed by atoms with Crippen molar-refractivity contribution >= 4 is 29.1 Å². The molecule has 1 aromatic carbocycles. The maximum Gasteiger partial charge on any atom is 0.269 e. The Hall–Kier alpha value is -1.95. The highest BCUT2D eigenvalue weighted by atomic mass is 32.1. The molecule has 0 bridgehead atoms. The normalized spacial score (nSPS) is 14.5. The molecule has 1 aromatic rings. The Balaban J connectivity index is 1.87. The Morgan fingerprint density at radius 1 is 1.10 bits per heavy atom. The number of hydrazine groups is 1. The van der Waals surface area contributed by atoms with Gasteiger partial charge in [0.15, 0.2) is 5.11 Å². The van der Waals surface area contributed by atoms with Crippen molar-refractivity contribution in [1.82, 2.24) is 16.2 Å². The molecule has 2 amide bonds. The van der Waals surface area contributed by atoms with Gasteiger partial charge >= 0.3 is 0 Å². The molecule has 0 heterocycles. The Morgan fingerprint density at radius 3 is 2.29 bits per heavy atom. The van der Waals surface area contributed by atoms with E-state index in [1.54, 1.807) is 0 Å². The molecule has 5 nitrogen and oxygen atoms in total. The van der Waals surface area contributed by atoms with Crippen LogP contribution in [0.15, 0.2) is 24.3 Å². The molecule has 6 heteroatoms. The van der Waals surface area contributed by atoms with E-state index >= 15 is 0 Å². The fourth-order valence-corrected chi connectivity index (χ4v) is 2.74. The average Bonchev–Trinajstić information content (AvgIpc) is 2.98. The van der Waals surface area contributed by atoms with Crippen LogP contribution in [0.3, 0.4) is 0 Å². The third-order valence-corrected chi connectivity index (χ3v) is 3.78. The predicted octanol–water partition coefficient (Wildman–Crippen LogP) is 2.00. The van der Waals surface area contributed by atoms with Crippen LogP contribution in [0.4, 0.5) is 0 Å². The molecule has 0 aromatic heterocycles. The second-order valence-electron chi connectivity index (χ2n) is 5.19. The van der Waals surface area contributed by atoms with Crippen LogP contribution in [0, 0.1) is 0 Å². The molecule has 0 spiro atoms. The van der Waals surface area contributed by atoms with E-state index in [0.29, 0.717) is 11.5 Å². The molecule has 0 atom stereocenters. The highest BCUT2D eigenvalue weighted by Crippen LogP contribution is 2.33. The topological polar surface area (TPSA) is 70.2 Å². The summed E-state index contributed by atoms with van der Waals surface area (Å²) < 4.78 is 0. The van der Waals surface area contributed by atoms with Crippen molar-refractivity contribution in [3.8, 4) is 0 Å². The highest BCUT2D eigenvalue weighted by Gasteiger charge is 2.17. The molecule has 1 saturated carbocycles. The lowest BCUT2D eigenvalue weighted by Crippen LogP contribution is -2.47. The molecule has 1 aliphatic rings. The van der Waals surface area contributed by atoms with Gasteiger partial charge in [-0.2, -0.15) is 0 Å². The quantitative estimate of drug-likeness (QED) is 0.577. The van der Waals surface area contributed by atoms with E-state index in [2.05, 4.69) is 16.2 Å². The zero-order valence-corrected chi connectivity index (χ0v) is 12.8. The molecule has 1 fully saturated rings. The first-order chi connectivity index (χ1) is 10.1. The van der Waals surface area contributed by atoms with Crippen molar-refractivity contribution in [3.05, 3.63) is 35.4 Å². The van der Waals surface area contributed by atoms with Crippen molar-refractivity contribution in [3.63, 3.8) is 0 Å². The molecular weight excluding hydrogens is 286 g/mol. The van der Waals surface area contributed by atoms with Gasteiger partial charge in [0.25, 0.3) is 5.91 Å². The Kier molecular flexibility index (Phi) is 5.27. The summed E-state index contributed by atoms with van der Waals surface area (Å²) in [5, 5.41) is 2.43. The summed E-state index contributed by atoms with van der Waals surface area (Å²) in [6.07, 6.45) is 5.05. The van der Waals surface area contributed by atoms with Crippen LogP contribution in [-0.2, 0) is 4.79 Å². The fraction of sp³-hybridized carbons (Fsp3) is 0.400. The number of nitrogens with one attached hydrogen (secondary N) is 3. The fourth-order valence-electron chi connectivity index (χ4n) is 2.54. The van der Waals surface area contributed by atoms with E-state index in [-0.39, 0.29) is 16.9 Å². The van der Waals surface area contributed by atoms with E-state index in [0.717, 1.165) is 0 Å². The lowest BCUT2D eigenvalue weighted by molar-refractivity contribution is -0.117. The molecule has 1 aliphatic carbocycles. The summed E-state index contributed by atoms with van der Waals surface area (Å²) >= 11 is 4.83. The second-order valence-corrected chi connectivity index (χ2v) is 5.60. The van der Waals surface area contributed by atoms with Gasteiger partial charge in [0.2, 0.25) is 5.91 Å². The highest BCUT2D eigenvalue weighted by molar-refractivity contribution is 7.80. The van der Waals surface area contributed by atoms with Gasteiger partial charge in [-0.25, -0.2) is 0 Å². The lowest BCUT2D eigenvalue weighted by Gasteiger charge is -2.11. The average molecular weight is 305 g/mol. The Bertz CT molecular complexity index is 536. The summed E-state index contributed by atoms with van der Waals surface area (Å²) in [7, 11) is 0. The number of rotatable bonds is 2. The van der Waals surface area contributed by atoms with Gasteiger partial charge in [0.1, 0.15) is 0 Å². The SMILES string of the molecule is CC(=O)NC(=S)NNC(=O)c1ccc(C2CCCC2)cc1. The monoisotopic (exact) mass is 305 g/mol. The minimum atomic E-state index is -0.291. The summed E-state index contributed by atoms with van der Waals surface area (Å²) in [5.41, 5.74) is 6.78. The van der Waals surface area contributed by atoms with E-state index in [4.69, 9.17) is 12.2 Å². The van der Waals surface area contributed by atoms with E-state index in [1.165, 1.54) is 38.2 Å². The number of carbonyl (C=O) groups is 2. The minimum absolute atomic E-state index is 0.0680. The first kappa shape index (κ1) is 15.4. The van der Waals surface area contributed by atoms with Crippen molar-refractivity contribution in [2.24, 2.45) is 0 Å². The Morgan fingerprint density at radius 2 is 1.71 bits per heavy atom. The molecule has 0 unspecified atom stereocenters. The third kappa shape index (κ3) is 4.53. The molecule has 112 valence electrons. The van der Waals surface area contributed by atoms with Crippen molar-refractivity contribution in [2.75, 3.05) is 0 Å². The lowest BCUT2D eigenvalue weighted by atomic mass is 9.97. The molecule has 21 heavy (non-hydrogen) atoms. The molecular formula is C15H19N3O2S. The Labute approximate surface area is 129 Å². The summed E-state index contributed by atoms with van der Waals surface area (Å²) in [6.45, 7) is 1.34. The zero-order valence-electron chi connectivity index (χ0n) is 11.9. The van der Waals surface area contributed by atoms with Gasteiger partial charge in [-0.3, -0.25) is 20.4 Å². The van der Waals surface area contributed by atoms with Crippen molar-refractivity contribution < 1.29 is 9.59 Å². The standard InChI is InChI=1S/C15H19N3O2S/c1-10(19)16-15(21)18-17-14(20)13-8-6-12(7-9-13)11-4-2-3-5-11/h6-9,11H,2-5H2,1H3,(H,17,20)(H2,16,18,19,21). The molecule has 2 rings (SSSR count). The van der Waals surface area contributed by atoms with Crippen LogP contribution >= 0.6 is 12.2 Å². The second kappa shape index (κ2) is 7.17. The summed E-state index contributed by atoms with van der Waals surface area (Å²) in [4.78, 5) is 22.7. The van der Waals surface area contributed by atoms with Gasteiger partial charge in [-0.05, 0) is 48.7 Å². The minimum Gasteiger partial charge on any atom is -0.302 e. The molecule has 0 aliphatic heterocycles. The van der Waals surface area contributed by atoms with Crippen LogP contribution in [0.2, 0.25) is 0 Å². The van der Waals surface area contributed by atoms with Gasteiger partial charge < -0.3 is 5.32 Å². The third-order valence-electron chi connectivity index (χ3n) is 3.58. The van der Waals surface area contributed by atoms with Gasteiger partial charge in [-0.1, -0.05) is 25.0 Å². The first-order valence-corrected chi connectivity index (χ1v) is 7.45. The van der Waals surface area contributed by atoms with Gasteiger partial charge in [0.05, 0.1) is 0 Å². The van der Waals surface area contributed by atoms with Crippen LogP contribution < -0.4 is 16.2 Å². The molecule has 0 saturated heterocycles. The predicted molar refractivity (Wildman–Crippen MR) is 84.7 cm³/mol.